The summed E-state index contributed by atoms with van der Waals surface area (Å²) in [6.07, 6.45) is 1.55. The summed E-state index contributed by atoms with van der Waals surface area (Å²) in [5, 5.41) is 4.35. The molecule has 0 aliphatic carbocycles. The summed E-state index contributed by atoms with van der Waals surface area (Å²) >= 11 is 0. The van der Waals surface area contributed by atoms with E-state index in [1.165, 1.54) is 12.1 Å². The number of halogens is 1. The normalized spacial score (nSPS) is 10.9. The largest absolute Gasteiger partial charge is 0.467 e. The molecule has 4 rings (SSSR count). The van der Waals surface area contributed by atoms with Crippen LogP contribution in [-0.2, 0) is 13.1 Å². The van der Waals surface area contributed by atoms with Crippen molar-refractivity contribution >= 4 is 11.8 Å². The smallest absolute Gasteiger partial charge is 0.257 e. The highest BCUT2D eigenvalue weighted by Crippen LogP contribution is 2.33. The van der Waals surface area contributed by atoms with Crippen molar-refractivity contribution in [3.8, 4) is 11.3 Å². The summed E-state index contributed by atoms with van der Waals surface area (Å²) in [5.74, 6) is 0.200. The van der Waals surface area contributed by atoms with Gasteiger partial charge in [-0.3, -0.25) is 4.79 Å². The van der Waals surface area contributed by atoms with E-state index in [9.17, 15) is 9.18 Å². The summed E-state index contributed by atoms with van der Waals surface area (Å²) in [6.45, 7) is 5.84. The molecule has 2 aromatic carbocycles. The van der Waals surface area contributed by atoms with Crippen LogP contribution >= 0.6 is 0 Å². The van der Waals surface area contributed by atoms with E-state index in [1.54, 1.807) is 35.4 Å². The van der Waals surface area contributed by atoms with Crippen LogP contribution in [0.2, 0.25) is 0 Å². The lowest BCUT2D eigenvalue weighted by molar-refractivity contribution is 0.0713. The van der Waals surface area contributed by atoms with Gasteiger partial charge >= 0.3 is 0 Å². The molecule has 2 aromatic heterocycles. The summed E-state index contributed by atoms with van der Waals surface area (Å²) in [6, 6.07) is 19.2. The number of carbonyl (C=O) groups excluding carboxylic acids is 1. The number of aromatic nitrogens is 1. The molecule has 6 nitrogen and oxygen atoms in total. The maximum Gasteiger partial charge on any atom is 0.257 e. The highest BCUT2D eigenvalue weighted by Gasteiger charge is 2.27. The maximum absolute atomic E-state index is 14.5. The molecule has 0 radical (unpaired) electrons. The van der Waals surface area contributed by atoms with E-state index in [1.807, 2.05) is 49.1 Å². The van der Waals surface area contributed by atoms with E-state index in [0.717, 1.165) is 11.1 Å². The van der Waals surface area contributed by atoms with Crippen LogP contribution in [0.1, 0.15) is 35.5 Å². The van der Waals surface area contributed by atoms with Gasteiger partial charge in [0.25, 0.3) is 5.91 Å². The maximum atomic E-state index is 14.5. The molecule has 2 heterocycles. The van der Waals surface area contributed by atoms with Crippen molar-refractivity contribution in [3.63, 3.8) is 0 Å². The Hall–Kier alpha value is -3.87. The Morgan fingerprint density at radius 3 is 2.33 bits per heavy atom. The summed E-state index contributed by atoms with van der Waals surface area (Å²) in [4.78, 5) is 17.1. The molecule has 4 aromatic rings. The average Bonchev–Trinajstić information content (AvgIpc) is 3.50. The Labute approximate surface area is 192 Å². The fourth-order valence-electron chi connectivity index (χ4n) is 3.81. The van der Waals surface area contributed by atoms with Gasteiger partial charge in [-0.05, 0) is 38.1 Å². The molecule has 0 saturated heterocycles. The highest BCUT2D eigenvalue weighted by atomic mass is 19.1. The minimum atomic E-state index is -0.565. The Bertz CT molecular complexity index is 1180. The number of hydrogen-bond acceptors (Lipinski definition) is 5. The number of furan rings is 1. The highest BCUT2D eigenvalue weighted by molar-refractivity contribution is 5.94. The van der Waals surface area contributed by atoms with Crippen LogP contribution < -0.4 is 4.90 Å². The molecular weight excluding hydrogens is 421 g/mol. The number of rotatable bonds is 9. The number of nitrogens with zero attached hydrogens (tertiary/aromatic N) is 3. The lowest BCUT2D eigenvalue weighted by Gasteiger charge is -2.24. The molecule has 1 amide bonds. The molecule has 0 atom stereocenters. The lowest BCUT2D eigenvalue weighted by atomic mass is 10.1. The van der Waals surface area contributed by atoms with Gasteiger partial charge in [-0.1, -0.05) is 47.6 Å². The summed E-state index contributed by atoms with van der Waals surface area (Å²) < 4.78 is 25.8. The van der Waals surface area contributed by atoms with E-state index in [-0.39, 0.29) is 18.7 Å². The van der Waals surface area contributed by atoms with Crippen molar-refractivity contribution in [1.29, 1.82) is 0 Å². The zero-order chi connectivity index (χ0) is 23.2. The SMILES string of the molecule is CCN(CC)c1onc(-c2ccccc2)c1CN(Cc1ccco1)C(=O)c1ccccc1F. The number of carbonyl (C=O) groups is 1. The molecule has 0 bridgehead atoms. The van der Waals surface area contributed by atoms with Gasteiger partial charge in [-0.2, -0.15) is 0 Å². The molecule has 0 aliphatic heterocycles. The van der Waals surface area contributed by atoms with Gasteiger partial charge in [0, 0.05) is 18.7 Å². The fourth-order valence-corrected chi connectivity index (χ4v) is 3.81. The monoisotopic (exact) mass is 447 g/mol. The van der Waals surface area contributed by atoms with Crippen LogP contribution in [0.5, 0.6) is 0 Å². The molecule has 0 saturated carbocycles. The molecule has 0 N–H and O–H groups in total. The van der Waals surface area contributed by atoms with Gasteiger partial charge in [0.15, 0.2) is 0 Å². The predicted molar refractivity (Wildman–Crippen MR) is 124 cm³/mol. The number of amides is 1. The van der Waals surface area contributed by atoms with E-state index in [2.05, 4.69) is 5.16 Å². The van der Waals surface area contributed by atoms with Gasteiger partial charge in [-0.15, -0.1) is 0 Å². The first-order valence-corrected chi connectivity index (χ1v) is 11.0. The summed E-state index contributed by atoms with van der Waals surface area (Å²) in [5.41, 5.74) is 2.31. The van der Waals surface area contributed by atoms with Crippen LogP contribution in [0, 0.1) is 5.82 Å². The van der Waals surface area contributed by atoms with Crippen LogP contribution in [0.4, 0.5) is 10.3 Å². The Kier molecular flexibility index (Phi) is 6.88. The van der Waals surface area contributed by atoms with E-state index >= 15 is 0 Å². The first-order chi connectivity index (χ1) is 16.1. The van der Waals surface area contributed by atoms with E-state index in [4.69, 9.17) is 8.94 Å². The van der Waals surface area contributed by atoms with Crippen molar-refractivity contribution in [2.75, 3.05) is 18.0 Å². The minimum absolute atomic E-state index is 0.00570. The first-order valence-electron chi connectivity index (χ1n) is 11.0. The number of anilines is 1. The second-order valence-corrected chi connectivity index (χ2v) is 7.57. The van der Waals surface area contributed by atoms with Gasteiger partial charge < -0.3 is 18.7 Å². The molecule has 0 aliphatic rings. The van der Waals surface area contributed by atoms with Gasteiger partial charge in [0.2, 0.25) is 5.88 Å². The molecule has 170 valence electrons. The Morgan fingerprint density at radius 1 is 0.939 bits per heavy atom. The lowest BCUT2D eigenvalue weighted by Crippen LogP contribution is -2.32. The quantitative estimate of drug-likeness (QED) is 0.326. The van der Waals surface area contributed by atoms with Crippen molar-refractivity contribution in [2.45, 2.75) is 26.9 Å². The van der Waals surface area contributed by atoms with Crippen molar-refractivity contribution < 1.29 is 18.1 Å². The number of benzene rings is 2. The molecule has 0 spiro atoms. The van der Waals surface area contributed by atoms with E-state index < -0.39 is 11.7 Å². The van der Waals surface area contributed by atoms with Crippen molar-refractivity contribution in [3.05, 3.63) is 95.7 Å². The first kappa shape index (κ1) is 22.3. The fraction of sp³-hybridized carbons (Fsp3) is 0.231. The topological polar surface area (TPSA) is 62.7 Å². The average molecular weight is 448 g/mol. The molecule has 0 unspecified atom stereocenters. The summed E-state index contributed by atoms with van der Waals surface area (Å²) in [7, 11) is 0. The van der Waals surface area contributed by atoms with Crippen molar-refractivity contribution in [1.82, 2.24) is 10.1 Å². The minimum Gasteiger partial charge on any atom is -0.467 e. The second-order valence-electron chi connectivity index (χ2n) is 7.57. The van der Waals surface area contributed by atoms with Gasteiger partial charge in [0.1, 0.15) is 17.3 Å². The third kappa shape index (κ3) is 4.82. The standard InChI is InChI=1S/C26H26FN3O3/c1-3-29(4-2)26-22(24(28-33-26)19-11-6-5-7-12-19)18-30(17-20-13-10-16-32-20)25(31)21-14-8-9-15-23(21)27/h5-16H,3-4,17-18H2,1-2H3. The van der Waals surface area contributed by atoms with Gasteiger partial charge in [-0.25, -0.2) is 4.39 Å². The molecule has 7 heteroatoms. The Balaban J connectivity index is 1.78. The number of hydrogen-bond donors (Lipinski definition) is 0. The van der Waals surface area contributed by atoms with Crippen LogP contribution in [0.3, 0.4) is 0 Å². The molecular formula is C26H26FN3O3. The second kappa shape index (κ2) is 10.2. The predicted octanol–water partition coefficient (Wildman–Crippen LogP) is 5.76. The van der Waals surface area contributed by atoms with Crippen LogP contribution in [-0.4, -0.2) is 29.1 Å². The van der Waals surface area contributed by atoms with Gasteiger partial charge in [0.05, 0.1) is 30.5 Å². The van der Waals surface area contributed by atoms with E-state index in [0.29, 0.717) is 30.4 Å². The molecule has 33 heavy (non-hydrogen) atoms. The zero-order valence-corrected chi connectivity index (χ0v) is 18.7. The van der Waals surface area contributed by atoms with Crippen LogP contribution in [0.15, 0.2) is 81.9 Å². The Morgan fingerprint density at radius 2 is 1.67 bits per heavy atom. The van der Waals surface area contributed by atoms with Crippen molar-refractivity contribution in [2.24, 2.45) is 0 Å². The third-order valence-electron chi connectivity index (χ3n) is 5.53. The third-order valence-corrected chi connectivity index (χ3v) is 5.53. The molecule has 0 fully saturated rings. The zero-order valence-electron chi connectivity index (χ0n) is 18.7. The van der Waals surface area contributed by atoms with Crippen LogP contribution in [0.25, 0.3) is 11.3 Å².